The van der Waals surface area contributed by atoms with Crippen LogP contribution < -0.4 is 5.32 Å². The Labute approximate surface area is 193 Å². The fourth-order valence-corrected chi connectivity index (χ4v) is 6.24. The molecule has 0 bridgehead atoms. The van der Waals surface area contributed by atoms with Crippen molar-refractivity contribution < 1.29 is 27.8 Å². The van der Waals surface area contributed by atoms with Crippen LogP contribution in [0.25, 0.3) is 0 Å². The number of halogens is 4. The van der Waals surface area contributed by atoms with Crippen molar-refractivity contribution in [2.75, 3.05) is 19.8 Å². The van der Waals surface area contributed by atoms with Gasteiger partial charge < -0.3 is 25.0 Å². The van der Waals surface area contributed by atoms with Gasteiger partial charge in [-0.2, -0.15) is 13.2 Å². The molecule has 7 atom stereocenters. The van der Waals surface area contributed by atoms with Gasteiger partial charge in [0.2, 0.25) is 0 Å². The van der Waals surface area contributed by atoms with Crippen molar-refractivity contribution in [2.45, 2.75) is 61.6 Å². The average Bonchev–Trinajstić information content (AvgIpc) is 3.54. The first-order valence-electron chi connectivity index (χ1n) is 11.5. The Morgan fingerprint density at radius 2 is 2.06 bits per heavy atom. The maximum Gasteiger partial charge on any atom is 0.416 e. The normalized spacial score (nSPS) is 39.4. The van der Waals surface area contributed by atoms with Gasteiger partial charge in [-0.1, -0.05) is 12.2 Å². The molecule has 2 aliphatic carbocycles. The molecule has 8 nitrogen and oxygen atoms in total. The molecule has 1 saturated carbocycles. The van der Waals surface area contributed by atoms with Crippen molar-refractivity contribution in [3.63, 3.8) is 0 Å². The molecule has 3 N–H and O–H groups in total. The second kappa shape index (κ2) is 7.61. The minimum atomic E-state index is -4.40. The zero-order chi connectivity index (χ0) is 23.8. The number of fused-ring (bicyclic) bond motifs is 4. The van der Waals surface area contributed by atoms with Gasteiger partial charge in [0, 0.05) is 24.9 Å². The molecule has 0 radical (unpaired) electrons. The van der Waals surface area contributed by atoms with Crippen LogP contribution in [0.5, 0.6) is 0 Å². The van der Waals surface area contributed by atoms with E-state index >= 15 is 0 Å². The predicted octanol–water partition coefficient (Wildman–Crippen LogP) is 1.93. The van der Waals surface area contributed by atoms with E-state index in [-0.39, 0.29) is 25.0 Å². The highest BCUT2D eigenvalue weighted by Gasteiger charge is 2.62. The lowest BCUT2D eigenvalue weighted by molar-refractivity contribution is -0.204. The number of hydrogen-bond acceptors (Lipinski definition) is 7. The average molecular weight is 482 g/mol. The van der Waals surface area contributed by atoms with Crippen molar-refractivity contribution >= 4 is 12.2 Å². The SMILES string of the molecule is O[C@@H]1[C@@H](CF)C[C@@H](n2cnc3c2N=CN2C3N([C@H]3CCNC3)C23C=CC(C(F)(F)F)=CC3)[C@@H]1O. The fourth-order valence-electron chi connectivity index (χ4n) is 6.24. The molecule has 12 heteroatoms. The summed E-state index contributed by atoms with van der Waals surface area (Å²) in [6, 6.07) is -0.454. The third-order valence-corrected chi connectivity index (χ3v) is 8.00. The maximum atomic E-state index is 13.3. The van der Waals surface area contributed by atoms with Crippen LogP contribution in [0.3, 0.4) is 0 Å². The highest BCUT2D eigenvalue weighted by Crippen LogP contribution is 2.56. The van der Waals surface area contributed by atoms with Gasteiger partial charge in [-0.25, -0.2) is 14.9 Å². The molecule has 3 fully saturated rings. The number of allylic oxidation sites excluding steroid dienone is 2. The van der Waals surface area contributed by atoms with Crippen LogP contribution in [0, 0.1) is 5.92 Å². The van der Waals surface area contributed by atoms with Crippen LogP contribution in [0.2, 0.25) is 0 Å². The number of alkyl halides is 4. The van der Waals surface area contributed by atoms with E-state index in [9.17, 15) is 27.8 Å². The van der Waals surface area contributed by atoms with E-state index in [0.717, 1.165) is 19.0 Å². The summed E-state index contributed by atoms with van der Waals surface area (Å²) in [4.78, 5) is 13.3. The number of aliphatic hydroxyl groups excluding tert-OH is 2. The zero-order valence-corrected chi connectivity index (χ0v) is 18.2. The van der Waals surface area contributed by atoms with E-state index in [4.69, 9.17) is 0 Å². The van der Waals surface area contributed by atoms with Gasteiger partial charge in [0.05, 0.1) is 37.1 Å². The van der Waals surface area contributed by atoms with Gasteiger partial charge in [-0.15, -0.1) is 0 Å². The number of hydrogen-bond donors (Lipinski definition) is 3. The number of aliphatic hydroxyl groups is 2. The van der Waals surface area contributed by atoms with Crippen LogP contribution >= 0.6 is 0 Å². The highest BCUT2D eigenvalue weighted by atomic mass is 19.4. The van der Waals surface area contributed by atoms with Crippen molar-refractivity contribution in [1.82, 2.24) is 24.7 Å². The van der Waals surface area contributed by atoms with Crippen LogP contribution in [0.4, 0.5) is 23.4 Å². The summed E-state index contributed by atoms with van der Waals surface area (Å²) >= 11 is 0. The van der Waals surface area contributed by atoms with Gasteiger partial charge in [0.15, 0.2) is 5.82 Å². The molecular formula is C22H26F4N6O2. The molecule has 2 unspecified atom stereocenters. The summed E-state index contributed by atoms with van der Waals surface area (Å²) in [6.07, 6.45) is 1.46. The van der Waals surface area contributed by atoms with E-state index in [1.807, 2.05) is 4.90 Å². The monoisotopic (exact) mass is 482 g/mol. The first-order valence-corrected chi connectivity index (χ1v) is 11.5. The number of rotatable bonds is 3. The van der Waals surface area contributed by atoms with Crippen molar-refractivity contribution in [3.8, 4) is 0 Å². The van der Waals surface area contributed by atoms with E-state index < -0.39 is 48.3 Å². The first kappa shape index (κ1) is 22.2. The molecule has 1 aromatic heterocycles. The van der Waals surface area contributed by atoms with E-state index in [1.165, 1.54) is 6.08 Å². The quantitative estimate of drug-likeness (QED) is 0.571. The lowest BCUT2D eigenvalue weighted by Crippen LogP contribution is -2.77. The Balaban J connectivity index is 1.35. The third kappa shape index (κ3) is 2.98. The standard InChI is InChI=1S/C22H26F4N6O2/c23-8-12-7-15(18(34)17(12)33)30-10-28-16-19(30)29-11-31-20(16)32(14-3-6-27-9-14)21(31)4-1-13(2-5-21)22(24,25)26/h1-2,4,10-12,14-15,17-18,20,27,33-34H,3,5-9H2/t12-,14+,15-,17-,18+,20?,21?/m1/s1. The van der Waals surface area contributed by atoms with Gasteiger partial charge >= 0.3 is 6.18 Å². The van der Waals surface area contributed by atoms with E-state index in [1.54, 1.807) is 23.3 Å². The van der Waals surface area contributed by atoms with E-state index in [2.05, 4.69) is 20.2 Å². The molecule has 6 rings (SSSR count). The van der Waals surface area contributed by atoms with Crippen molar-refractivity contribution in [1.29, 1.82) is 0 Å². The Kier molecular flexibility index (Phi) is 4.97. The molecule has 1 spiro atoms. The molecule has 1 aromatic rings. The lowest BCUT2D eigenvalue weighted by Gasteiger charge is -2.67. The molecule has 0 aromatic carbocycles. The maximum absolute atomic E-state index is 13.3. The molecule has 4 heterocycles. The summed E-state index contributed by atoms with van der Waals surface area (Å²) in [5.74, 6) is -0.133. The van der Waals surface area contributed by atoms with Gasteiger partial charge in [-0.3, -0.25) is 4.39 Å². The minimum absolute atomic E-state index is 0.103. The predicted molar refractivity (Wildman–Crippen MR) is 114 cm³/mol. The smallest absolute Gasteiger partial charge is 0.390 e. The fraction of sp³-hybridized carbons (Fsp3) is 0.636. The topological polar surface area (TPSA) is 89.2 Å². The molecule has 3 aliphatic heterocycles. The van der Waals surface area contributed by atoms with Crippen molar-refractivity contribution in [2.24, 2.45) is 10.9 Å². The number of aliphatic imine (C=N–C) groups is 1. The summed E-state index contributed by atoms with van der Waals surface area (Å²) in [7, 11) is 0. The summed E-state index contributed by atoms with van der Waals surface area (Å²) in [5.41, 5.74) is -0.769. The Bertz CT molecular complexity index is 1060. The van der Waals surface area contributed by atoms with E-state index in [0.29, 0.717) is 18.1 Å². The summed E-state index contributed by atoms with van der Waals surface area (Å²) in [5, 5.41) is 24.0. The van der Waals surface area contributed by atoms with Crippen LogP contribution in [-0.4, -0.2) is 85.8 Å². The van der Waals surface area contributed by atoms with Gasteiger partial charge in [0.25, 0.3) is 0 Å². The Hall–Kier alpha value is -2.28. The Morgan fingerprint density at radius 1 is 1.24 bits per heavy atom. The largest absolute Gasteiger partial charge is 0.416 e. The zero-order valence-electron chi connectivity index (χ0n) is 18.2. The minimum Gasteiger partial charge on any atom is -0.390 e. The second-order valence-electron chi connectivity index (χ2n) is 9.71. The molecule has 34 heavy (non-hydrogen) atoms. The third-order valence-electron chi connectivity index (χ3n) is 8.00. The Morgan fingerprint density at radius 3 is 2.68 bits per heavy atom. The molecule has 184 valence electrons. The number of nitrogens with one attached hydrogen (secondary N) is 1. The molecular weight excluding hydrogens is 456 g/mol. The highest BCUT2D eigenvalue weighted by molar-refractivity contribution is 5.70. The molecule has 5 aliphatic rings. The second-order valence-corrected chi connectivity index (χ2v) is 9.71. The van der Waals surface area contributed by atoms with Crippen LogP contribution in [0.15, 0.2) is 35.1 Å². The van der Waals surface area contributed by atoms with Gasteiger partial charge in [-0.05, 0) is 25.5 Å². The van der Waals surface area contributed by atoms with Gasteiger partial charge in [0.1, 0.15) is 23.6 Å². The van der Waals surface area contributed by atoms with Crippen LogP contribution in [-0.2, 0) is 0 Å². The molecule has 2 saturated heterocycles. The number of imidazole rings is 1. The van der Waals surface area contributed by atoms with Crippen molar-refractivity contribution in [3.05, 3.63) is 35.8 Å². The lowest BCUT2D eigenvalue weighted by atomic mass is 9.84. The number of nitrogens with zero attached hydrogens (tertiary/aromatic N) is 5. The summed E-state index contributed by atoms with van der Waals surface area (Å²) < 4.78 is 54.7. The van der Waals surface area contributed by atoms with Crippen LogP contribution in [0.1, 0.15) is 37.2 Å². The molecule has 0 amide bonds. The first-order chi connectivity index (χ1) is 16.3. The summed E-state index contributed by atoms with van der Waals surface area (Å²) in [6.45, 7) is 0.814. The number of aromatic nitrogens is 2.